The van der Waals surface area contributed by atoms with Crippen molar-refractivity contribution in [3.05, 3.63) is 0 Å². The maximum absolute atomic E-state index is 5.97. The van der Waals surface area contributed by atoms with Gasteiger partial charge in [0, 0.05) is 18.6 Å². The number of hydrogen-bond donors (Lipinski definition) is 1. The molecule has 1 rings (SSSR count). The summed E-state index contributed by atoms with van der Waals surface area (Å²) in [6, 6.07) is 1.43. The van der Waals surface area contributed by atoms with Crippen molar-refractivity contribution in [3.8, 4) is 0 Å². The van der Waals surface area contributed by atoms with Crippen molar-refractivity contribution in [2.75, 3.05) is 13.1 Å². The van der Waals surface area contributed by atoms with Crippen LogP contribution in [0, 0.1) is 5.92 Å². The molecule has 2 nitrogen and oxygen atoms in total. The number of nitrogens with zero attached hydrogens (tertiary/aromatic N) is 1. The fourth-order valence-corrected chi connectivity index (χ4v) is 3.06. The highest BCUT2D eigenvalue weighted by Crippen LogP contribution is 2.25. The minimum absolute atomic E-state index is 0.622. The van der Waals surface area contributed by atoms with E-state index < -0.39 is 0 Å². The van der Waals surface area contributed by atoms with E-state index in [1.165, 1.54) is 45.1 Å². The lowest BCUT2D eigenvalue weighted by Crippen LogP contribution is -2.49. The summed E-state index contributed by atoms with van der Waals surface area (Å²) >= 11 is 0. The summed E-state index contributed by atoms with van der Waals surface area (Å²) in [5.74, 6) is 0.762. The molecule has 1 aliphatic heterocycles. The Labute approximate surface area is 102 Å². The summed E-state index contributed by atoms with van der Waals surface area (Å²) < 4.78 is 0. The second-order valence-electron chi connectivity index (χ2n) is 5.70. The average Bonchev–Trinajstić information content (AvgIpc) is 2.27. The maximum Gasteiger partial charge on any atom is 0.0223 e. The Bertz CT molecular complexity index is 178. The first-order valence-electron chi connectivity index (χ1n) is 7.14. The Morgan fingerprint density at radius 2 is 2.06 bits per heavy atom. The van der Waals surface area contributed by atoms with Crippen molar-refractivity contribution >= 4 is 0 Å². The molecular weight excluding hydrogens is 196 g/mol. The quantitative estimate of drug-likeness (QED) is 0.754. The maximum atomic E-state index is 5.97. The lowest BCUT2D eigenvalue weighted by atomic mass is 9.93. The fraction of sp³-hybridized carbons (Fsp3) is 1.00. The molecule has 1 heterocycles. The number of nitrogens with two attached hydrogens (primary N) is 1. The Kier molecular flexibility index (Phi) is 6.37. The van der Waals surface area contributed by atoms with E-state index >= 15 is 0 Å². The molecule has 0 aromatic rings. The smallest absolute Gasteiger partial charge is 0.0223 e. The van der Waals surface area contributed by atoms with Gasteiger partial charge in [-0.2, -0.15) is 0 Å². The highest BCUT2D eigenvalue weighted by atomic mass is 15.2. The average molecular weight is 226 g/mol. The van der Waals surface area contributed by atoms with E-state index in [0.29, 0.717) is 6.04 Å². The molecular formula is C14H30N2. The van der Waals surface area contributed by atoms with Gasteiger partial charge in [0.25, 0.3) is 0 Å². The third-order valence-corrected chi connectivity index (χ3v) is 3.78. The molecule has 2 heteroatoms. The van der Waals surface area contributed by atoms with Crippen LogP contribution in [0.2, 0.25) is 0 Å². The lowest BCUT2D eigenvalue weighted by molar-refractivity contribution is 0.0804. The molecule has 96 valence electrons. The fourth-order valence-electron chi connectivity index (χ4n) is 3.06. The summed E-state index contributed by atoms with van der Waals surface area (Å²) in [4.78, 5) is 2.72. The van der Waals surface area contributed by atoms with Gasteiger partial charge < -0.3 is 5.73 Å². The van der Waals surface area contributed by atoms with Crippen molar-refractivity contribution in [2.24, 2.45) is 11.7 Å². The molecule has 0 aliphatic carbocycles. The highest BCUT2D eigenvalue weighted by Gasteiger charge is 2.27. The van der Waals surface area contributed by atoms with Crippen molar-refractivity contribution in [1.82, 2.24) is 4.90 Å². The molecule has 2 atom stereocenters. The van der Waals surface area contributed by atoms with Gasteiger partial charge in [0.15, 0.2) is 0 Å². The minimum Gasteiger partial charge on any atom is -0.329 e. The molecule has 16 heavy (non-hydrogen) atoms. The molecule has 2 unspecified atom stereocenters. The molecule has 1 aliphatic rings. The van der Waals surface area contributed by atoms with Gasteiger partial charge in [-0.25, -0.2) is 0 Å². The second kappa shape index (κ2) is 7.29. The topological polar surface area (TPSA) is 29.3 Å². The van der Waals surface area contributed by atoms with Gasteiger partial charge >= 0.3 is 0 Å². The lowest BCUT2D eigenvalue weighted by Gasteiger charge is -2.41. The monoisotopic (exact) mass is 226 g/mol. The van der Waals surface area contributed by atoms with E-state index in [9.17, 15) is 0 Å². The zero-order valence-electron chi connectivity index (χ0n) is 11.4. The summed E-state index contributed by atoms with van der Waals surface area (Å²) in [5, 5.41) is 0. The van der Waals surface area contributed by atoms with E-state index in [1.54, 1.807) is 0 Å². The Morgan fingerprint density at radius 3 is 2.62 bits per heavy atom. The van der Waals surface area contributed by atoms with Crippen molar-refractivity contribution in [1.29, 1.82) is 0 Å². The van der Waals surface area contributed by atoms with E-state index in [2.05, 4.69) is 25.7 Å². The number of likely N-dealkylation sites (tertiary alicyclic amines) is 1. The van der Waals surface area contributed by atoms with Crippen molar-refractivity contribution in [3.63, 3.8) is 0 Å². The summed E-state index contributed by atoms with van der Waals surface area (Å²) in [5.41, 5.74) is 5.97. The standard InChI is InChI=1S/C14H30N2/c1-4-7-13-8-5-6-9-16(13)14(11-15)10-12(2)3/h12-14H,4-11,15H2,1-3H3. The van der Waals surface area contributed by atoms with E-state index in [0.717, 1.165) is 18.5 Å². The molecule has 1 saturated heterocycles. The van der Waals surface area contributed by atoms with Crippen LogP contribution in [0.5, 0.6) is 0 Å². The Balaban J connectivity index is 2.56. The highest BCUT2D eigenvalue weighted by molar-refractivity contribution is 4.83. The predicted octanol–water partition coefficient (Wildman–Crippen LogP) is 3.01. The molecule has 0 saturated carbocycles. The van der Waals surface area contributed by atoms with Gasteiger partial charge in [-0.05, 0) is 38.1 Å². The molecule has 2 N–H and O–H groups in total. The SMILES string of the molecule is CCCC1CCCCN1C(CN)CC(C)C. The van der Waals surface area contributed by atoms with Crippen molar-refractivity contribution < 1.29 is 0 Å². The van der Waals surface area contributed by atoms with Crippen LogP contribution in [0.1, 0.15) is 59.3 Å². The first-order valence-corrected chi connectivity index (χ1v) is 7.14. The first-order chi connectivity index (χ1) is 7.69. The number of hydrogen-bond acceptors (Lipinski definition) is 2. The molecule has 0 bridgehead atoms. The van der Waals surface area contributed by atoms with Crippen LogP contribution in [0.15, 0.2) is 0 Å². The Hall–Kier alpha value is -0.0800. The van der Waals surface area contributed by atoms with Gasteiger partial charge in [-0.15, -0.1) is 0 Å². The number of piperidine rings is 1. The van der Waals surface area contributed by atoms with Crippen LogP contribution in [0.4, 0.5) is 0 Å². The molecule has 0 amide bonds. The van der Waals surface area contributed by atoms with Gasteiger partial charge in [-0.1, -0.05) is 33.6 Å². The molecule has 0 aromatic carbocycles. The van der Waals surface area contributed by atoms with Crippen LogP contribution in [0.3, 0.4) is 0 Å². The van der Waals surface area contributed by atoms with E-state index in [-0.39, 0.29) is 0 Å². The van der Waals surface area contributed by atoms with E-state index in [4.69, 9.17) is 5.73 Å². The van der Waals surface area contributed by atoms with Crippen LogP contribution in [0.25, 0.3) is 0 Å². The molecule has 0 aromatic heterocycles. The predicted molar refractivity (Wildman–Crippen MR) is 71.6 cm³/mol. The van der Waals surface area contributed by atoms with Crippen molar-refractivity contribution in [2.45, 2.75) is 71.4 Å². The van der Waals surface area contributed by atoms with Gasteiger partial charge in [0.2, 0.25) is 0 Å². The second-order valence-corrected chi connectivity index (χ2v) is 5.70. The zero-order valence-corrected chi connectivity index (χ0v) is 11.4. The normalized spacial score (nSPS) is 24.9. The van der Waals surface area contributed by atoms with Gasteiger partial charge in [0.05, 0.1) is 0 Å². The first kappa shape index (κ1) is 14.0. The van der Waals surface area contributed by atoms with Crippen LogP contribution < -0.4 is 5.73 Å². The molecule has 1 fully saturated rings. The van der Waals surface area contributed by atoms with Gasteiger partial charge in [-0.3, -0.25) is 4.90 Å². The molecule has 0 radical (unpaired) electrons. The third kappa shape index (κ3) is 4.06. The Morgan fingerprint density at radius 1 is 1.31 bits per heavy atom. The minimum atomic E-state index is 0.622. The van der Waals surface area contributed by atoms with Crippen LogP contribution >= 0.6 is 0 Å². The van der Waals surface area contributed by atoms with Crippen LogP contribution in [-0.2, 0) is 0 Å². The van der Waals surface area contributed by atoms with Crippen LogP contribution in [-0.4, -0.2) is 30.1 Å². The molecule has 0 spiro atoms. The summed E-state index contributed by atoms with van der Waals surface area (Å²) in [6.07, 6.45) is 8.10. The summed E-state index contributed by atoms with van der Waals surface area (Å²) in [6.45, 7) is 9.02. The largest absolute Gasteiger partial charge is 0.329 e. The summed E-state index contributed by atoms with van der Waals surface area (Å²) in [7, 11) is 0. The third-order valence-electron chi connectivity index (χ3n) is 3.78. The number of rotatable bonds is 6. The van der Waals surface area contributed by atoms with E-state index in [1.807, 2.05) is 0 Å². The zero-order chi connectivity index (χ0) is 12.0. The van der Waals surface area contributed by atoms with Gasteiger partial charge in [0.1, 0.15) is 0 Å².